The summed E-state index contributed by atoms with van der Waals surface area (Å²) >= 11 is 0. The first-order valence-electron chi connectivity index (χ1n) is 9.74. The van der Waals surface area contributed by atoms with Gasteiger partial charge in [-0.25, -0.2) is 0 Å². The maximum Gasteiger partial charge on any atom is -0.00368 e. The number of rotatable bonds is 19. The normalized spacial score (nSPS) is 11.2. The molecule has 0 spiro atoms. The Balaban J connectivity index is 2.91. The van der Waals surface area contributed by atoms with E-state index in [1.165, 1.54) is 64.5 Å². The van der Waals surface area contributed by atoms with E-state index in [0.29, 0.717) is 0 Å². The maximum atomic E-state index is 3.53. The van der Waals surface area contributed by atoms with Crippen molar-refractivity contribution in [2.45, 2.75) is 65.2 Å². The van der Waals surface area contributed by atoms with Gasteiger partial charge in [-0.15, -0.1) is 0 Å². The molecule has 4 N–H and O–H groups in total. The summed E-state index contributed by atoms with van der Waals surface area (Å²) in [6.07, 6.45) is 10.2. The molecule has 0 heterocycles. The fourth-order valence-electron chi connectivity index (χ4n) is 2.28. The molecular weight excluding hydrogens is 272 g/mol. The minimum Gasteiger partial charge on any atom is -0.317 e. The first kappa shape index (κ1) is 21.8. The molecule has 0 atom stereocenters. The van der Waals surface area contributed by atoms with Crippen LogP contribution in [-0.2, 0) is 0 Å². The van der Waals surface area contributed by atoms with Crippen LogP contribution in [-0.4, -0.2) is 52.4 Å². The standard InChI is InChI=1S/C18H42N4/c1-3-5-11-19-15-9-17-21-13-7-8-14-22-18-10-16-20-12-6-4-2/h19-22H,3-18H2,1-2H3. The van der Waals surface area contributed by atoms with Gasteiger partial charge in [0.15, 0.2) is 0 Å². The van der Waals surface area contributed by atoms with E-state index < -0.39 is 0 Å². The molecule has 4 nitrogen and oxygen atoms in total. The van der Waals surface area contributed by atoms with Crippen LogP contribution in [0.2, 0.25) is 0 Å². The summed E-state index contributed by atoms with van der Waals surface area (Å²) in [5, 5.41) is 14.0. The van der Waals surface area contributed by atoms with Crippen LogP contribution in [0.5, 0.6) is 0 Å². The summed E-state index contributed by atoms with van der Waals surface area (Å²) in [5.41, 5.74) is 0. The monoisotopic (exact) mass is 314 g/mol. The summed E-state index contributed by atoms with van der Waals surface area (Å²) in [6.45, 7) is 13.8. The van der Waals surface area contributed by atoms with E-state index >= 15 is 0 Å². The minimum atomic E-state index is 1.15. The zero-order valence-corrected chi connectivity index (χ0v) is 15.3. The van der Waals surface area contributed by atoms with Gasteiger partial charge < -0.3 is 21.3 Å². The fourth-order valence-corrected chi connectivity index (χ4v) is 2.28. The van der Waals surface area contributed by atoms with Gasteiger partial charge >= 0.3 is 0 Å². The van der Waals surface area contributed by atoms with Gasteiger partial charge in [0.2, 0.25) is 0 Å². The Labute approximate surface area is 139 Å². The lowest BCUT2D eigenvalue weighted by molar-refractivity contribution is 0.543. The average Bonchev–Trinajstić information content (AvgIpc) is 2.54. The van der Waals surface area contributed by atoms with Crippen LogP contribution >= 0.6 is 0 Å². The van der Waals surface area contributed by atoms with E-state index in [2.05, 4.69) is 35.1 Å². The quantitative estimate of drug-likeness (QED) is 0.277. The van der Waals surface area contributed by atoms with Crippen LogP contribution in [0.3, 0.4) is 0 Å². The molecule has 22 heavy (non-hydrogen) atoms. The second-order valence-corrected chi connectivity index (χ2v) is 6.12. The highest BCUT2D eigenvalue weighted by molar-refractivity contribution is 4.55. The van der Waals surface area contributed by atoms with E-state index in [1.807, 2.05) is 0 Å². The molecule has 0 aromatic rings. The molecule has 0 radical (unpaired) electrons. The van der Waals surface area contributed by atoms with Gasteiger partial charge in [-0.2, -0.15) is 0 Å². The number of nitrogens with one attached hydrogen (secondary N) is 4. The predicted molar refractivity (Wildman–Crippen MR) is 99.8 cm³/mol. The third kappa shape index (κ3) is 19.8. The highest BCUT2D eigenvalue weighted by atomic mass is 14.9. The zero-order chi connectivity index (χ0) is 16.1. The van der Waals surface area contributed by atoms with Crippen molar-refractivity contribution in [1.29, 1.82) is 0 Å². The zero-order valence-electron chi connectivity index (χ0n) is 15.3. The summed E-state index contributed by atoms with van der Waals surface area (Å²) in [7, 11) is 0. The van der Waals surface area contributed by atoms with Gasteiger partial charge in [0.05, 0.1) is 0 Å². The van der Waals surface area contributed by atoms with E-state index in [-0.39, 0.29) is 0 Å². The molecule has 0 aliphatic heterocycles. The van der Waals surface area contributed by atoms with E-state index in [0.717, 1.165) is 39.3 Å². The highest BCUT2D eigenvalue weighted by Crippen LogP contribution is 1.87. The van der Waals surface area contributed by atoms with Crippen molar-refractivity contribution < 1.29 is 0 Å². The third-order valence-corrected chi connectivity index (χ3v) is 3.79. The molecule has 0 aromatic carbocycles. The summed E-state index contributed by atoms with van der Waals surface area (Å²) in [4.78, 5) is 0. The van der Waals surface area contributed by atoms with E-state index in [4.69, 9.17) is 0 Å². The molecule has 0 aromatic heterocycles. The van der Waals surface area contributed by atoms with Gasteiger partial charge in [0, 0.05) is 0 Å². The van der Waals surface area contributed by atoms with Crippen molar-refractivity contribution >= 4 is 0 Å². The molecule has 0 saturated carbocycles. The van der Waals surface area contributed by atoms with Gasteiger partial charge in [-0.3, -0.25) is 0 Å². The van der Waals surface area contributed by atoms with Crippen molar-refractivity contribution in [2.75, 3.05) is 52.4 Å². The molecule has 0 fully saturated rings. The molecule has 4 heteroatoms. The van der Waals surface area contributed by atoms with Crippen LogP contribution in [0.15, 0.2) is 0 Å². The molecule has 0 aliphatic rings. The Morgan fingerprint density at radius 3 is 0.955 bits per heavy atom. The molecule has 0 aliphatic carbocycles. The fraction of sp³-hybridized carbons (Fsp3) is 1.00. The lowest BCUT2D eigenvalue weighted by atomic mass is 10.3. The van der Waals surface area contributed by atoms with Crippen LogP contribution in [0.25, 0.3) is 0 Å². The maximum absolute atomic E-state index is 3.53. The lowest BCUT2D eigenvalue weighted by Gasteiger charge is -2.07. The summed E-state index contributed by atoms with van der Waals surface area (Å²) < 4.78 is 0. The smallest absolute Gasteiger partial charge is 0.00368 e. The first-order valence-corrected chi connectivity index (χ1v) is 9.74. The van der Waals surface area contributed by atoms with Crippen molar-refractivity contribution in [3.8, 4) is 0 Å². The largest absolute Gasteiger partial charge is 0.317 e. The van der Waals surface area contributed by atoms with Gasteiger partial charge in [0.1, 0.15) is 0 Å². The van der Waals surface area contributed by atoms with E-state index in [1.54, 1.807) is 0 Å². The molecule has 0 bridgehead atoms. The van der Waals surface area contributed by atoms with Crippen LogP contribution < -0.4 is 21.3 Å². The van der Waals surface area contributed by atoms with Crippen molar-refractivity contribution in [1.82, 2.24) is 21.3 Å². The molecule has 134 valence electrons. The molecule has 0 saturated heterocycles. The summed E-state index contributed by atoms with van der Waals surface area (Å²) in [5.74, 6) is 0. The van der Waals surface area contributed by atoms with Crippen molar-refractivity contribution in [2.24, 2.45) is 0 Å². The number of hydrogen-bond acceptors (Lipinski definition) is 4. The first-order chi connectivity index (χ1) is 10.9. The van der Waals surface area contributed by atoms with Gasteiger partial charge in [0.25, 0.3) is 0 Å². The average molecular weight is 315 g/mol. The minimum absolute atomic E-state index is 1.15. The van der Waals surface area contributed by atoms with E-state index in [9.17, 15) is 0 Å². The molecular formula is C18H42N4. The Hall–Kier alpha value is -0.160. The molecule has 0 unspecified atom stereocenters. The molecule has 0 amide bonds. The second kappa shape index (κ2) is 20.8. The Morgan fingerprint density at radius 1 is 0.364 bits per heavy atom. The topological polar surface area (TPSA) is 48.1 Å². The lowest BCUT2D eigenvalue weighted by Crippen LogP contribution is -2.25. The van der Waals surface area contributed by atoms with Crippen molar-refractivity contribution in [3.05, 3.63) is 0 Å². The van der Waals surface area contributed by atoms with Crippen LogP contribution in [0, 0.1) is 0 Å². The van der Waals surface area contributed by atoms with Gasteiger partial charge in [-0.1, -0.05) is 26.7 Å². The Morgan fingerprint density at radius 2 is 0.636 bits per heavy atom. The predicted octanol–water partition coefficient (Wildman–Crippen LogP) is 2.51. The van der Waals surface area contributed by atoms with Crippen molar-refractivity contribution in [3.63, 3.8) is 0 Å². The Bertz CT molecular complexity index is 168. The Kier molecular flexibility index (Phi) is 20.7. The van der Waals surface area contributed by atoms with Gasteiger partial charge in [-0.05, 0) is 90.9 Å². The number of unbranched alkanes of at least 4 members (excludes halogenated alkanes) is 3. The summed E-state index contributed by atoms with van der Waals surface area (Å²) in [6, 6.07) is 0. The van der Waals surface area contributed by atoms with Crippen LogP contribution in [0.1, 0.15) is 65.2 Å². The molecule has 0 rings (SSSR count). The van der Waals surface area contributed by atoms with Crippen LogP contribution in [0.4, 0.5) is 0 Å². The SMILES string of the molecule is CCCCNCCCNCCCCNCCCNCCCC. The third-order valence-electron chi connectivity index (χ3n) is 3.79. The second-order valence-electron chi connectivity index (χ2n) is 6.12. The highest BCUT2D eigenvalue weighted by Gasteiger charge is 1.92. The number of hydrogen-bond donors (Lipinski definition) is 4.